The Balaban J connectivity index is 1.91. The predicted octanol–water partition coefficient (Wildman–Crippen LogP) is 4.90. The van der Waals surface area contributed by atoms with Crippen LogP contribution in [0, 0.1) is 0 Å². The van der Waals surface area contributed by atoms with Gasteiger partial charge >= 0.3 is 6.18 Å². The van der Waals surface area contributed by atoms with Gasteiger partial charge in [-0.1, -0.05) is 6.07 Å². The van der Waals surface area contributed by atoms with E-state index in [-0.39, 0.29) is 11.6 Å². The molecule has 5 nitrogen and oxygen atoms in total. The summed E-state index contributed by atoms with van der Waals surface area (Å²) in [5.41, 5.74) is 1.06. The summed E-state index contributed by atoms with van der Waals surface area (Å²) in [6.45, 7) is 1.68. The maximum Gasteiger partial charge on any atom is 0.416 e. The van der Waals surface area contributed by atoms with Gasteiger partial charge in [0.2, 0.25) is 5.91 Å². The summed E-state index contributed by atoms with van der Waals surface area (Å²) in [6, 6.07) is 8.58. The fourth-order valence-electron chi connectivity index (χ4n) is 3.62. The van der Waals surface area contributed by atoms with E-state index in [1.807, 2.05) is 11.6 Å². The Labute approximate surface area is 165 Å². The lowest BCUT2D eigenvalue weighted by molar-refractivity contribution is -0.137. The highest BCUT2D eigenvalue weighted by Crippen LogP contribution is 2.47. The van der Waals surface area contributed by atoms with Crippen LogP contribution in [0.5, 0.6) is 5.75 Å². The Morgan fingerprint density at radius 2 is 1.86 bits per heavy atom. The molecule has 1 atom stereocenters. The van der Waals surface area contributed by atoms with Crippen molar-refractivity contribution < 1.29 is 22.7 Å². The lowest BCUT2D eigenvalue weighted by atomic mass is 10.0. The molecule has 1 unspecified atom stereocenters. The Hall–Kier alpha value is -3.29. The third-order valence-corrected chi connectivity index (χ3v) is 5.16. The molecule has 0 saturated carbocycles. The fraction of sp³-hybridized carbons (Fsp3) is 0.238. The van der Waals surface area contributed by atoms with E-state index in [1.165, 1.54) is 18.1 Å². The van der Waals surface area contributed by atoms with Gasteiger partial charge in [-0.15, -0.1) is 0 Å². The van der Waals surface area contributed by atoms with Crippen molar-refractivity contribution in [2.24, 2.45) is 7.05 Å². The first-order chi connectivity index (χ1) is 13.7. The number of carbonyl (C=O) groups is 1. The van der Waals surface area contributed by atoms with Gasteiger partial charge in [-0.3, -0.25) is 9.69 Å². The van der Waals surface area contributed by atoms with Crippen LogP contribution < -0.4 is 9.64 Å². The maximum absolute atomic E-state index is 13.3. The average molecular weight is 401 g/mol. The summed E-state index contributed by atoms with van der Waals surface area (Å²) in [4.78, 5) is 18.6. The number of aryl methyl sites for hydroxylation is 1. The van der Waals surface area contributed by atoms with Crippen LogP contribution in [0.15, 0.2) is 48.8 Å². The molecule has 0 fully saturated rings. The number of methoxy groups -OCH3 is 1. The molecule has 0 radical (unpaired) electrons. The second-order valence-electron chi connectivity index (χ2n) is 6.92. The minimum Gasteiger partial charge on any atom is -0.495 e. The number of aromatic nitrogens is 2. The van der Waals surface area contributed by atoms with Gasteiger partial charge in [0.05, 0.1) is 30.0 Å². The Bertz CT molecular complexity index is 1100. The number of ether oxygens (including phenoxy) is 1. The smallest absolute Gasteiger partial charge is 0.416 e. The molecule has 3 aromatic rings. The second kappa shape index (κ2) is 6.65. The van der Waals surface area contributed by atoms with Crippen molar-refractivity contribution >= 4 is 17.3 Å². The van der Waals surface area contributed by atoms with Gasteiger partial charge in [-0.2, -0.15) is 13.2 Å². The topological polar surface area (TPSA) is 47.4 Å². The van der Waals surface area contributed by atoms with E-state index in [2.05, 4.69) is 4.98 Å². The molecule has 4 rings (SSSR count). The van der Waals surface area contributed by atoms with Gasteiger partial charge in [0.15, 0.2) is 0 Å². The quantitative estimate of drug-likeness (QED) is 0.627. The van der Waals surface area contributed by atoms with Gasteiger partial charge < -0.3 is 9.30 Å². The molecule has 0 spiro atoms. The van der Waals surface area contributed by atoms with Gasteiger partial charge in [0.1, 0.15) is 11.6 Å². The van der Waals surface area contributed by atoms with Crippen LogP contribution >= 0.6 is 0 Å². The summed E-state index contributed by atoms with van der Waals surface area (Å²) in [6.07, 6.45) is -1.07. The molecule has 0 bridgehead atoms. The number of nitrogens with zero attached hydrogens (tertiary/aromatic N) is 3. The molecule has 0 N–H and O–H groups in total. The standard InChI is InChI=1S/C21H18F3N3O2/c1-12-15-6-5-14(21(22,23)24)11-16(15)27(20(12)28)17-10-13(4-7-18(17)29-3)19-25-8-9-26(19)2/h4-12H,1-3H3. The van der Waals surface area contributed by atoms with E-state index < -0.39 is 17.7 Å². The number of hydrogen-bond acceptors (Lipinski definition) is 3. The van der Waals surface area contributed by atoms with Crippen molar-refractivity contribution in [3.05, 3.63) is 59.9 Å². The highest BCUT2D eigenvalue weighted by Gasteiger charge is 2.39. The molecule has 29 heavy (non-hydrogen) atoms. The number of carbonyl (C=O) groups excluding carboxylic acids is 1. The monoisotopic (exact) mass is 401 g/mol. The van der Waals surface area contributed by atoms with Crippen LogP contribution in [0.1, 0.15) is 24.0 Å². The van der Waals surface area contributed by atoms with Crippen LogP contribution in [0.4, 0.5) is 24.5 Å². The zero-order valence-corrected chi connectivity index (χ0v) is 16.0. The maximum atomic E-state index is 13.3. The SMILES string of the molecule is COc1ccc(-c2nccn2C)cc1N1C(=O)C(C)c2ccc(C(F)(F)F)cc21. The zero-order chi connectivity index (χ0) is 20.9. The zero-order valence-electron chi connectivity index (χ0n) is 16.0. The van der Waals surface area contributed by atoms with E-state index in [0.717, 1.165) is 12.1 Å². The van der Waals surface area contributed by atoms with Gasteiger partial charge in [0.25, 0.3) is 0 Å². The third kappa shape index (κ3) is 3.04. The molecule has 0 aliphatic carbocycles. The first-order valence-corrected chi connectivity index (χ1v) is 8.93. The second-order valence-corrected chi connectivity index (χ2v) is 6.92. The number of alkyl halides is 3. The third-order valence-electron chi connectivity index (χ3n) is 5.16. The van der Waals surface area contributed by atoms with E-state index in [9.17, 15) is 18.0 Å². The molecule has 1 amide bonds. The number of rotatable bonds is 3. The van der Waals surface area contributed by atoms with Crippen LogP contribution in [0.2, 0.25) is 0 Å². The summed E-state index contributed by atoms with van der Waals surface area (Å²) in [5.74, 6) is 0.176. The molecule has 2 heterocycles. The molecule has 8 heteroatoms. The summed E-state index contributed by atoms with van der Waals surface area (Å²) >= 11 is 0. The number of hydrogen-bond donors (Lipinski definition) is 0. The molecule has 1 aliphatic heterocycles. The van der Waals surface area contributed by atoms with Gasteiger partial charge in [0, 0.05) is 25.0 Å². The summed E-state index contributed by atoms with van der Waals surface area (Å²) in [7, 11) is 3.29. The van der Waals surface area contributed by atoms with E-state index in [1.54, 1.807) is 37.5 Å². The van der Waals surface area contributed by atoms with Crippen molar-refractivity contribution in [2.45, 2.75) is 19.0 Å². The Morgan fingerprint density at radius 3 is 2.48 bits per heavy atom. The number of amides is 1. The highest BCUT2D eigenvalue weighted by molar-refractivity contribution is 6.11. The van der Waals surface area contributed by atoms with Crippen LogP contribution in [-0.2, 0) is 18.0 Å². The lowest BCUT2D eigenvalue weighted by Crippen LogP contribution is -2.23. The van der Waals surface area contributed by atoms with E-state index >= 15 is 0 Å². The van der Waals surface area contributed by atoms with Crippen molar-refractivity contribution in [1.82, 2.24) is 9.55 Å². The first kappa shape index (κ1) is 19.0. The normalized spacial score (nSPS) is 16.3. The van der Waals surface area contributed by atoms with Gasteiger partial charge in [-0.05, 0) is 42.8 Å². The highest BCUT2D eigenvalue weighted by atomic mass is 19.4. The summed E-state index contributed by atoms with van der Waals surface area (Å²) < 4.78 is 47.1. The largest absolute Gasteiger partial charge is 0.495 e. The van der Waals surface area contributed by atoms with Crippen molar-refractivity contribution in [3.8, 4) is 17.1 Å². The van der Waals surface area contributed by atoms with Crippen molar-refractivity contribution in [1.29, 1.82) is 0 Å². The minimum absolute atomic E-state index is 0.215. The number of fused-ring (bicyclic) bond motifs is 1. The number of benzene rings is 2. The average Bonchev–Trinajstić information content (AvgIpc) is 3.22. The number of halogens is 3. The predicted molar refractivity (Wildman–Crippen MR) is 102 cm³/mol. The van der Waals surface area contributed by atoms with Crippen LogP contribution in [-0.4, -0.2) is 22.6 Å². The van der Waals surface area contributed by atoms with Crippen molar-refractivity contribution in [2.75, 3.05) is 12.0 Å². The molecule has 0 saturated heterocycles. The minimum atomic E-state index is -4.51. The molecule has 1 aliphatic rings. The van der Waals surface area contributed by atoms with Crippen LogP contribution in [0.25, 0.3) is 11.4 Å². The van der Waals surface area contributed by atoms with E-state index in [4.69, 9.17) is 4.74 Å². The summed E-state index contributed by atoms with van der Waals surface area (Å²) in [5, 5.41) is 0. The Morgan fingerprint density at radius 1 is 1.10 bits per heavy atom. The molecular formula is C21H18F3N3O2. The van der Waals surface area contributed by atoms with Crippen molar-refractivity contribution in [3.63, 3.8) is 0 Å². The number of anilines is 2. The molecule has 2 aromatic carbocycles. The van der Waals surface area contributed by atoms with Crippen LogP contribution in [0.3, 0.4) is 0 Å². The lowest BCUT2D eigenvalue weighted by Gasteiger charge is -2.22. The fourth-order valence-corrected chi connectivity index (χ4v) is 3.62. The molecule has 150 valence electrons. The van der Waals surface area contributed by atoms with Gasteiger partial charge in [-0.25, -0.2) is 4.98 Å². The first-order valence-electron chi connectivity index (χ1n) is 8.93. The molecular weight excluding hydrogens is 383 g/mol. The Kier molecular flexibility index (Phi) is 4.37. The van der Waals surface area contributed by atoms with E-state index in [0.29, 0.717) is 28.4 Å². The number of imidazole rings is 1. The molecule has 1 aromatic heterocycles.